The average Bonchev–Trinajstić information content (AvgIpc) is 2.12. The number of nitrogens with two attached hydrogens (primary N) is 1. The van der Waals surface area contributed by atoms with Gasteiger partial charge >= 0.3 is 0 Å². The van der Waals surface area contributed by atoms with Crippen molar-refractivity contribution in [2.24, 2.45) is 5.14 Å². The van der Waals surface area contributed by atoms with E-state index < -0.39 is 10.0 Å². The summed E-state index contributed by atoms with van der Waals surface area (Å²) in [7, 11) is -3.32. The molecule has 0 aromatic heterocycles. The lowest BCUT2D eigenvalue weighted by atomic mass is 10.3. The Labute approximate surface area is 92.0 Å². The first-order valence-corrected chi connectivity index (χ1v) is 6.87. The molecule has 0 spiro atoms. The lowest BCUT2D eigenvalue weighted by Crippen LogP contribution is -2.18. The van der Waals surface area contributed by atoms with E-state index in [1.54, 1.807) is 0 Å². The topological polar surface area (TPSA) is 78.6 Å². The molecule has 0 amide bonds. The molecular weight excluding hydrogens is 218 g/mol. The van der Waals surface area contributed by atoms with Crippen molar-refractivity contribution in [2.75, 3.05) is 25.6 Å². The zero-order valence-corrected chi connectivity index (χ0v) is 10.3. The summed E-state index contributed by atoms with van der Waals surface area (Å²) in [4.78, 5) is 0. The molecule has 0 fully saturated rings. The van der Waals surface area contributed by atoms with Crippen molar-refractivity contribution in [1.82, 2.24) is 0 Å². The van der Waals surface area contributed by atoms with Crippen molar-refractivity contribution in [1.29, 1.82) is 0 Å². The molecule has 0 bridgehead atoms. The first-order valence-electron chi connectivity index (χ1n) is 5.15. The SMILES string of the molecule is CCOCC(C)OCCCCS(N)(=O)=O. The minimum atomic E-state index is -3.32. The maximum Gasteiger partial charge on any atom is 0.209 e. The summed E-state index contributed by atoms with van der Waals surface area (Å²) >= 11 is 0. The van der Waals surface area contributed by atoms with E-state index in [0.29, 0.717) is 32.7 Å². The van der Waals surface area contributed by atoms with Gasteiger partial charge in [-0.05, 0) is 26.7 Å². The van der Waals surface area contributed by atoms with Gasteiger partial charge < -0.3 is 9.47 Å². The van der Waals surface area contributed by atoms with Crippen LogP contribution in [0.15, 0.2) is 0 Å². The van der Waals surface area contributed by atoms with Crippen molar-refractivity contribution in [3.8, 4) is 0 Å². The van der Waals surface area contributed by atoms with Crippen LogP contribution in [-0.2, 0) is 19.5 Å². The number of ether oxygens (including phenoxy) is 2. The highest BCUT2D eigenvalue weighted by atomic mass is 32.2. The maximum absolute atomic E-state index is 10.6. The third-order valence-corrected chi connectivity index (χ3v) is 2.64. The van der Waals surface area contributed by atoms with Crippen LogP contribution in [0.4, 0.5) is 0 Å². The fourth-order valence-electron chi connectivity index (χ4n) is 1.02. The molecule has 0 aromatic rings. The quantitative estimate of drug-likeness (QED) is 0.594. The van der Waals surface area contributed by atoms with Gasteiger partial charge in [0.25, 0.3) is 0 Å². The Morgan fingerprint density at radius 3 is 2.53 bits per heavy atom. The van der Waals surface area contributed by atoms with E-state index in [0.717, 1.165) is 0 Å². The fourth-order valence-corrected chi connectivity index (χ4v) is 1.63. The van der Waals surface area contributed by atoms with E-state index in [1.807, 2.05) is 13.8 Å². The Bertz CT molecular complexity index is 240. The predicted octanol–water partition coefficient (Wildman–Crippen LogP) is 0.497. The molecule has 0 aromatic carbocycles. The lowest BCUT2D eigenvalue weighted by molar-refractivity contribution is -0.00413. The standard InChI is InChI=1S/C9H21NO4S/c1-3-13-8-9(2)14-6-4-5-7-15(10,11)12/h9H,3-8H2,1-2H3,(H2,10,11,12). The monoisotopic (exact) mass is 239 g/mol. The number of primary sulfonamides is 1. The third-order valence-electron chi connectivity index (χ3n) is 1.78. The molecule has 0 aliphatic carbocycles. The van der Waals surface area contributed by atoms with Crippen LogP contribution in [0, 0.1) is 0 Å². The number of sulfonamides is 1. The van der Waals surface area contributed by atoms with Crippen LogP contribution in [0.25, 0.3) is 0 Å². The first-order chi connectivity index (χ1) is 6.95. The number of unbranched alkanes of at least 4 members (excludes halogenated alkanes) is 1. The minimum absolute atomic E-state index is 0.0240. The minimum Gasteiger partial charge on any atom is -0.379 e. The molecule has 1 atom stereocenters. The molecule has 0 saturated carbocycles. The summed E-state index contributed by atoms with van der Waals surface area (Å²) in [5.74, 6) is 0.0240. The molecule has 0 heterocycles. The summed E-state index contributed by atoms with van der Waals surface area (Å²) in [6, 6.07) is 0. The highest BCUT2D eigenvalue weighted by molar-refractivity contribution is 7.89. The van der Waals surface area contributed by atoms with Crippen LogP contribution >= 0.6 is 0 Å². The maximum atomic E-state index is 10.6. The van der Waals surface area contributed by atoms with Gasteiger partial charge in [-0.15, -0.1) is 0 Å². The van der Waals surface area contributed by atoms with Gasteiger partial charge in [-0.25, -0.2) is 13.6 Å². The molecule has 92 valence electrons. The smallest absolute Gasteiger partial charge is 0.209 e. The second-order valence-electron chi connectivity index (χ2n) is 3.41. The molecule has 5 nitrogen and oxygen atoms in total. The van der Waals surface area contributed by atoms with Crippen LogP contribution in [0.5, 0.6) is 0 Å². The molecule has 6 heteroatoms. The molecule has 15 heavy (non-hydrogen) atoms. The highest BCUT2D eigenvalue weighted by Crippen LogP contribution is 1.97. The molecule has 0 radical (unpaired) electrons. The van der Waals surface area contributed by atoms with Gasteiger partial charge in [0.15, 0.2) is 0 Å². The predicted molar refractivity (Wildman–Crippen MR) is 59.1 cm³/mol. The fraction of sp³-hybridized carbons (Fsp3) is 1.00. The van der Waals surface area contributed by atoms with Crippen LogP contribution < -0.4 is 5.14 Å². The zero-order chi connectivity index (χ0) is 11.7. The van der Waals surface area contributed by atoms with Gasteiger partial charge in [0, 0.05) is 13.2 Å². The van der Waals surface area contributed by atoms with E-state index in [4.69, 9.17) is 14.6 Å². The molecular formula is C9H21NO4S. The molecule has 0 aliphatic rings. The third kappa shape index (κ3) is 11.8. The Kier molecular flexibility index (Phi) is 7.95. The van der Waals surface area contributed by atoms with Gasteiger partial charge in [0.2, 0.25) is 10.0 Å². The van der Waals surface area contributed by atoms with Crippen molar-refractivity contribution in [2.45, 2.75) is 32.8 Å². The summed E-state index contributed by atoms with van der Waals surface area (Å²) in [6.07, 6.45) is 1.30. The molecule has 2 N–H and O–H groups in total. The first kappa shape index (κ1) is 14.8. The van der Waals surface area contributed by atoms with E-state index in [-0.39, 0.29) is 11.9 Å². The molecule has 0 rings (SSSR count). The van der Waals surface area contributed by atoms with E-state index in [2.05, 4.69) is 0 Å². The molecule has 0 saturated heterocycles. The Morgan fingerprint density at radius 1 is 1.33 bits per heavy atom. The van der Waals surface area contributed by atoms with Crippen molar-refractivity contribution >= 4 is 10.0 Å². The van der Waals surface area contributed by atoms with Gasteiger partial charge in [-0.3, -0.25) is 0 Å². The highest BCUT2D eigenvalue weighted by Gasteiger charge is 2.04. The summed E-state index contributed by atoms with van der Waals surface area (Å²) in [5.41, 5.74) is 0. The molecule has 1 unspecified atom stereocenters. The zero-order valence-electron chi connectivity index (χ0n) is 9.44. The van der Waals surface area contributed by atoms with Crippen molar-refractivity contribution in [3.05, 3.63) is 0 Å². The van der Waals surface area contributed by atoms with Gasteiger partial charge in [-0.1, -0.05) is 0 Å². The number of hydrogen-bond acceptors (Lipinski definition) is 4. The van der Waals surface area contributed by atoms with Crippen LogP contribution in [0.2, 0.25) is 0 Å². The van der Waals surface area contributed by atoms with Crippen LogP contribution in [0.3, 0.4) is 0 Å². The van der Waals surface area contributed by atoms with Gasteiger partial charge in [-0.2, -0.15) is 0 Å². The average molecular weight is 239 g/mol. The van der Waals surface area contributed by atoms with Gasteiger partial charge in [0.05, 0.1) is 18.5 Å². The molecule has 0 aliphatic heterocycles. The second-order valence-corrected chi connectivity index (χ2v) is 5.15. The van der Waals surface area contributed by atoms with E-state index in [1.165, 1.54) is 0 Å². The van der Waals surface area contributed by atoms with E-state index >= 15 is 0 Å². The summed E-state index contributed by atoms with van der Waals surface area (Å²) in [5, 5.41) is 4.85. The Morgan fingerprint density at radius 2 is 2.00 bits per heavy atom. The van der Waals surface area contributed by atoms with Crippen LogP contribution in [0.1, 0.15) is 26.7 Å². The van der Waals surface area contributed by atoms with Crippen LogP contribution in [-0.4, -0.2) is 40.1 Å². The summed E-state index contributed by atoms with van der Waals surface area (Å²) < 4.78 is 31.7. The normalized spacial score (nSPS) is 14.1. The van der Waals surface area contributed by atoms with Crippen molar-refractivity contribution in [3.63, 3.8) is 0 Å². The Balaban J connectivity index is 3.31. The number of rotatable bonds is 9. The summed E-state index contributed by atoms with van der Waals surface area (Å²) in [6.45, 7) is 5.66. The van der Waals surface area contributed by atoms with Gasteiger partial charge in [0.1, 0.15) is 0 Å². The van der Waals surface area contributed by atoms with Crippen molar-refractivity contribution < 1.29 is 17.9 Å². The largest absolute Gasteiger partial charge is 0.379 e. The Hall–Kier alpha value is -0.170. The van der Waals surface area contributed by atoms with E-state index in [9.17, 15) is 8.42 Å². The number of hydrogen-bond donors (Lipinski definition) is 1. The second kappa shape index (κ2) is 8.04. The lowest BCUT2D eigenvalue weighted by Gasteiger charge is -2.12.